The average Bonchev–Trinajstić information content (AvgIpc) is 3.02. The Kier molecular flexibility index (Phi) is 3.78. The molecule has 2 aromatic carbocycles. The van der Waals surface area contributed by atoms with E-state index in [1.165, 1.54) is 0 Å². The van der Waals surface area contributed by atoms with Gasteiger partial charge in [-0.05, 0) is 35.6 Å². The van der Waals surface area contributed by atoms with E-state index in [0.29, 0.717) is 16.0 Å². The van der Waals surface area contributed by atoms with E-state index in [9.17, 15) is 9.90 Å². The van der Waals surface area contributed by atoms with Crippen LogP contribution in [0.15, 0.2) is 48.6 Å². The van der Waals surface area contributed by atoms with Gasteiger partial charge in [-0.2, -0.15) is 0 Å². The smallest absolute Gasteiger partial charge is 0.0715 e. The summed E-state index contributed by atoms with van der Waals surface area (Å²) < 4.78 is 0. The van der Waals surface area contributed by atoms with Crippen LogP contribution >= 0.6 is 23.2 Å². The monoisotopic (exact) mass is 358 g/mol. The number of carbonyl (C=O) groups excluding carboxylic acids is 1. The first-order valence-electron chi connectivity index (χ1n) is 7.78. The number of carboxylic acid groups (broad SMARTS) is 1. The summed E-state index contributed by atoms with van der Waals surface area (Å²) in [5.74, 6) is -0.593. The van der Waals surface area contributed by atoms with E-state index >= 15 is 0 Å². The highest BCUT2D eigenvalue weighted by Crippen LogP contribution is 2.52. The van der Waals surface area contributed by atoms with Crippen molar-refractivity contribution in [3.05, 3.63) is 75.3 Å². The molecule has 0 spiro atoms. The number of fused-ring (bicyclic) bond motifs is 3. The number of carboxylic acids is 1. The van der Waals surface area contributed by atoms with E-state index in [1.807, 2.05) is 18.2 Å². The topological polar surface area (TPSA) is 52.2 Å². The zero-order chi connectivity index (χ0) is 16.8. The van der Waals surface area contributed by atoms with Crippen LogP contribution in [0.4, 0.5) is 5.69 Å². The summed E-state index contributed by atoms with van der Waals surface area (Å²) in [4.78, 5) is 10.9. The second-order valence-electron chi connectivity index (χ2n) is 6.23. The fourth-order valence-corrected chi connectivity index (χ4v) is 4.42. The van der Waals surface area contributed by atoms with E-state index in [-0.39, 0.29) is 17.5 Å². The Morgan fingerprint density at radius 3 is 2.62 bits per heavy atom. The molecule has 2 aliphatic rings. The molecule has 0 unspecified atom stereocenters. The number of hydrogen-bond donors (Lipinski definition) is 1. The normalized spacial score (nSPS) is 24.2. The molecule has 0 fully saturated rings. The zero-order valence-corrected chi connectivity index (χ0v) is 14.1. The van der Waals surface area contributed by atoms with Gasteiger partial charge in [-0.25, -0.2) is 0 Å². The van der Waals surface area contributed by atoms with Crippen molar-refractivity contribution in [1.29, 1.82) is 0 Å². The van der Waals surface area contributed by atoms with Gasteiger partial charge in [0.05, 0.1) is 12.0 Å². The molecule has 1 N–H and O–H groups in total. The van der Waals surface area contributed by atoms with Crippen molar-refractivity contribution >= 4 is 34.9 Å². The standard InChI is InChI=1S/C19H15Cl2NO2/c20-12-8-15(21)17-13-2-1-3-14(13)18(22-16(17)9-12)10-4-6-11(7-5-10)19(23)24/h1-2,4-9,13-14,18,22H,3H2,(H,23,24)/p-1/t13-,14+,18-/m1/s1. The zero-order valence-electron chi connectivity index (χ0n) is 12.6. The molecule has 3 nitrogen and oxygen atoms in total. The van der Waals surface area contributed by atoms with Crippen molar-refractivity contribution in [3.8, 4) is 0 Å². The summed E-state index contributed by atoms with van der Waals surface area (Å²) in [6, 6.07) is 10.6. The lowest BCUT2D eigenvalue weighted by atomic mass is 9.77. The average molecular weight is 359 g/mol. The van der Waals surface area contributed by atoms with Crippen LogP contribution in [0.2, 0.25) is 10.0 Å². The number of nitrogens with one attached hydrogen (secondary N) is 1. The van der Waals surface area contributed by atoms with Crippen LogP contribution in [0.5, 0.6) is 0 Å². The summed E-state index contributed by atoms with van der Waals surface area (Å²) >= 11 is 12.6. The van der Waals surface area contributed by atoms with Crippen molar-refractivity contribution < 1.29 is 9.90 Å². The lowest BCUT2D eigenvalue weighted by molar-refractivity contribution is -0.255. The van der Waals surface area contributed by atoms with E-state index < -0.39 is 5.97 Å². The first kappa shape index (κ1) is 15.6. The lowest BCUT2D eigenvalue weighted by Crippen LogP contribution is -2.29. The van der Waals surface area contributed by atoms with Gasteiger partial charge in [0.25, 0.3) is 0 Å². The number of anilines is 1. The molecule has 0 aromatic heterocycles. The van der Waals surface area contributed by atoms with Gasteiger partial charge in [-0.3, -0.25) is 0 Å². The van der Waals surface area contributed by atoms with E-state index in [1.54, 1.807) is 18.2 Å². The molecule has 1 aliphatic carbocycles. The van der Waals surface area contributed by atoms with Gasteiger partial charge < -0.3 is 15.2 Å². The Morgan fingerprint density at radius 1 is 1.17 bits per heavy atom. The van der Waals surface area contributed by atoms with E-state index in [4.69, 9.17) is 23.2 Å². The molecule has 24 heavy (non-hydrogen) atoms. The van der Waals surface area contributed by atoms with Crippen LogP contribution in [0, 0.1) is 5.92 Å². The molecule has 5 heteroatoms. The largest absolute Gasteiger partial charge is 0.545 e. The summed E-state index contributed by atoms with van der Waals surface area (Å²) in [6.07, 6.45) is 5.33. The molecule has 0 amide bonds. The van der Waals surface area contributed by atoms with Crippen molar-refractivity contribution in [2.75, 3.05) is 5.32 Å². The number of allylic oxidation sites excluding steroid dienone is 2. The summed E-state index contributed by atoms with van der Waals surface area (Å²) in [7, 11) is 0. The number of aromatic carboxylic acids is 1. The second-order valence-corrected chi connectivity index (χ2v) is 7.08. The highest BCUT2D eigenvalue weighted by Gasteiger charge is 2.39. The van der Waals surface area contributed by atoms with Gasteiger partial charge in [0.1, 0.15) is 0 Å². The van der Waals surface area contributed by atoms with Gasteiger partial charge in [-0.15, -0.1) is 0 Å². The number of carbonyl (C=O) groups is 1. The Balaban J connectivity index is 1.76. The highest BCUT2D eigenvalue weighted by atomic mass is 35.5. The Hall–Kier alpha value is -1.97. The Labute approximate surface area is 149 Å². The molecule has 4 rings (SSSR count). The number of benzene rings is 2. The van der Waals surface area contributed by atoms with Crippen LogP contribution in [0.3, 0.4) is 0 Å². The van der Waals surface area contributed by atoms with Gasteiger partial charge in [0.2, 0.25) is 0 Å². The second kappa shape index (κ2) is 5.83. The van der Waals surface area contributed by atoms with Crippen molar-refractivity contribution in [1.82, 2.24) is 0 Å². The van der Waals surface area contributed by atoms with Crippen LogP contribution in [-0.2, 0) is 0 Å². The van der Waals surface area contributed by atoms with Gasteiger partial charge >= 0.3 is 0 Å². The fraction of sp³-hybridized carbons (Fsp3) is 0.211. The van der Waals surface area contributed by atoms with Crippen molar-refractivity contribution in [2.45, 2.75) is 18.4 Å². The molecule has 0 saturated carbocycles. The maximum absolute atomic E-state index is 10.9. The minimum Gasteiger partial charge on any atom is -0.545 e. The number of halogens is 2. The maximum Gasteiger partial charge on any atom is 0.0715 e. The van der Waals surface area contributed by atoms with Crippen molar-refractivity contribution in [2.24, 2.45) is 5.92 Å². The third kappa shape index (κ3) is 2.48. The van der Waals surface area contributed by atoms with Crippen LogP contribution in [-0.4, -0.2) is 5.97 Å². The fourth-order valence-electron chi connectivity index (χ4n) is 3.80. The van der Waals surface area contributed by atoms with Gasteiger partial charge in [0, 0.05) is 27.2 Å². The summed E-state index contributed by atoms with van der Waals surface area (Å²) in [6.45, 7) is 0. The predicted octanol–water partition coefficient (Wildman–Crippen LogP) is 4.18. The quantitative estimate of drug-likeness (QED) is 0.819. The molecule has 0 bridgehead atoms. The Bertz CT molecular complexity index is 845. The molecule has 0 saturated heterocycles. The molecular formula is C19H14Cl2NO2-. The van der Waals surface area contributed by atoms with Gasteiger partial charge in [0.15, 0.2) is 0 Å². The first-order chi connectivity index (χ1) is 11.5. The van der Waals surface area contributed by atoms with Gasteiger partial charge in [-0.1, -0.05) is 59.6 Å². The third-order valence-electron chi connectivity index (χ3n) is 4.89. The molecule has 3 atom stereocenters. The number of hydrogen-bond acceptors (Lipinski definition) is 3. The van der Waals surface area contributed by atoms with Crippen molar-refractivity contribution in [3.63, 3.8) is 0 Å². The first-order valence-corrected chi connectivity index (χ1v) is 8.53. The minimum absolute atomic E-state index is 0.0721. The summed E-state index contributed by atoms with van der Waals surface area (Å²) in [5, 5.41) is 15.8. The lowest BCUT2D eigenvalue weighted by Gasteiger charge is -2.38. The van der Waals surface area contributed by atoms with E-state index in [2.05, 4.69) is 17.5 Å². The molecule has 2 aromatic rings. The molecule has 0 radical (unpaired) electrons. The minimum atomic E-state index is -1.16. The molecular weight excluding hydrogens is 345 g/mol. The van der Waals surface area contributed by atoms with Crippen LogP contribution < -0.4 is 10.4 Å². The Morgan fingerprint density at radius 2 is 1.92 bits per heavy atom. The third-order valence-corrected chi connectivity index (χ3v) is 5.42. The molecule has 122 valence electrons. The van der Waals surface area contributed by atoms with E-state index in [0.717, 1.165) is 23.2 Å². The predicted molar refractivity (Wildman–Crippen MR) is 93.6 cm³/mol. The molecule has 1 aliphatic heterocycles. The van der Waals surface area contributed by atoms with Crippen LogP contribution in [0.1, 0.15) is 39.9 Å². The van der Waals surface area contributed by atoms with Crippen LogP contribution in [0.25, 0.3) is 0 Å². The summed E-state index contributed by atoms with van der Waals surface area (Å²) in [5.41, 5.74) is 3.25. The highest BCUT2D eigenvalue weighted by molar-refractivity contribution is 6.35. The number of rotatable bonds is 2. The molecule has 1 heterocycles. The maximum atomic E-state index is 10.9. The SMILES string of the molecule is O=C([O-])c1ccc([C@H]2Nc3cc(Cl)cc(Cl)c3[C@@H]3C=CC[C@H]23)cc1.